The average Bonchev–Trinajstić information content (AvgIpc) is 2.15. The van der Waals surface area contributed by atoms with Gasteiger partial charge < -0.3 is 10.2 Å². The molecule has 1 rings (SSSR count). The Balaban J connectivity index is 2.64. The van der Waals surface area contributed by atoms with Crippen LogP contribution in [0.4, 0.5) is 13.2 Å². The highest BCUT2D eigenvalue weighted by Crippen LogP contribution is 2.45. The van der Waals surface area contributed by atoms with Gasteiger partial charge in [0.25, 0.3) is 0 Å². The van der Waals surface area contributed by atoms with E-state index in [0.29, 0.717) is 25.7 Å². The summed E-state index contributed by atoms with van der Waals surface area (Å²) in [5.74, 6) is -0.746. The molecule has 0 radical (unpaired) electrons. The summed E-state index contributed by atoms with van der Waals surface area (Å²) in [4.78, 5) is 0. The van der Waals surface area contributed by atoms with Crippen LogP contribution in [0.1, 0.15) is 46.5 Å². The lowest BCUT2D eigenvalue weighted by atomic mass is 9.70. The van der Waals surface area contributed by atoms with Gasteiger partial charge in [-0.05, 0) is 58.3 Å². The second-order valence-corrected chi connectivity index (χ2v) is 5.85. The summed E-state index contributed by atoms with van der Waals surface area (Å²) in [5, 5.41) is 19.4. The van der Waals surface area contributed by atoms with Crippen LogP contribution in [0, 0.1) is 11.8 Å². The second kappa shape index (κ2) is 4.43. The molecule has 1 atom stereocenters. The van der Waals surface area contributed by atoms with Crippen molar-refractivity contribution in [1.29, 1.82) is 0 Å². The SMILES string of the molecule is CC(C)(O)C1CCC(C(C)(O)C(F)(F)F)CC1. The van der Waals surface area contributed by atoms with E-state index in [0.717, 1.165) is 6.92 Å². The fourth-order valence-electron chi connectivity index (χ4n) is 2.59. The van der Waals surface area contributed by atoms with Crippen molar-refractivity contribution in [3.63, 3.8) is 0 Å². The average molecular weight is 254 g/mol. The van der Waals surface area contributed by atoms with Gasteiger partial charge in [-0.1, -0.05) is 0 Å². The van der Waals surface area contributed by atoms with Gasteiger partial charge in [0, 0.05) is 0 Å². The molecule has 2 nitrogen and oxygen atoms in total. The number of alkyl halides is 3. The summed E-state index contributed by atoms with van der Waals surface area (Å²) in [6.45, 7) is 4.21. The Bertz CT molecular complexity index is 258. The molecule has 102 valence electrons. The number of hydrogen-bond acceptors (Lipinski definition) is 2. The Hall–Kier alpha value is -0.290. The van der Waals surface area contributed by atoms with Crippen molar-refractivity contribution in [2.45, 2.75) is 63.8 Å². The highest BCUT2D eigenvalue weighted by molar-refractivity contribution is 4.93. The Morgan fingerprint density at radius 3 is 1.47 bits per heavy atom. The molecule has 0 amide bonds. The first-order valence-electron chi connectivity index (χ1n) is 5.97. The lowest BCUT2D eigenvalue weighted by Crippen LogP contribution is -2.50. The number of halogens is 3. The van der Waals surface area contributed by atoms with E-state index in [1.54, 1.807) is 13.8 Å². The first-order chi connectivity index (χ1) is 7.46. The number of rotatable bonds is 2. The Morgan fingerprint density at radius 1 is 0.824 bits per heavy atom. The van der Waals surface area contributed by atoms with Crippen molar-refractivity contribution in [3.05, 3.63) is 0 Å². The third-order valence-electron chi connectivity index (χ3n) is 4.10. The van der Waals surface area contributed by atoms with Crippen LogP contribution in [0.2, 0.25) is 0 Å². The molecule has 1 saturated carbocycles. The third-order valence-corrected chi connectivity index (χ3v) is 4.10. The van der Waals surface area contributed by atoms with E-state index >= 15 is 0 Å². The zero-order chi connectivity index (χ0) is 13.5. The fraction of sp³-hybridized carbons (Fsp3) is 1.00. The lowest BCUT2D eigenvalue weighted by molar-refractivity contribution is -0.276. The van der Waals surface area contributed by atoms with Crippen LogP contribution in [0.5, 0.6) is 0 Å². The minimum atomic E-state index is -4.58. The molecule has 0 heterocycles. The molecule has 1 aliphatic rings. The molecule has 1 fully saturated rings. The molecule has 0 aromatic carbocycles. The smallest absolute Gasteiger partial charge is 0.390 e. The monoisotopic (exact) mass is 254 g/mol. The van der Waals surface area contributed by atoms with Crippen LogP contribution in [0.25, 0.3) is 0 Å². The van der Waals surface area contributed by atoms with E-state index in [2.05, 4.69) is 0 Å². The minimum Gasteiger partial charge on any atom is -0.390 e. The van der Waals surface area contributed by atoms with Crippen molar-refractivity contribution >= 4 is 0 Å². The van der Waals surface area contributed by atoms with Gasteiger partial charge in [-0.3, -0.25) is 0 Å². The highest BCUT2D eigenvalue weighted by Gasteiger charge is 2.55. The van der Waals surface area contributed by atoms with Gasteiger partial charge in [0.15, 0.2) is 5.60 Å². The molecular formula is C12H21F3O2. The molecule has 17 heavy (non-hydrogen) atoms. The largest absolute Gasteiger partial charge is 0.417 e. The molecule has 0 aliphatic heterocycles. The van der Waals surface area contributed by atoms with Crippen LogP contribution in [0.15, 0.2) is 0 Å². The topological polar surface area (TPSA) is 40.5 Å². The van der Waals surface area contributed by atoms with E-state index in [9.17, 15) is 23.4 Å². The van der Waals surface area contributed by atoms with E-state index in [4.69, 9.17) is 0 Å². The van der Waals surface area contributed by atoms with Crippen molar-refractivity contribution < 1.29 is 23.4 Å². The van der Waals surface area contributed by atoms with E-state index in [1.165, 1.54) is 0 Å². The molecule has 1 aliphatic carbocycles. The number of hydrogen-bond donors (Lipinski definition) is 2. The van der Waals surface area contributed by atoms with Crippen LogP contribution in [-0.4, -0.2) is 27.6 Å². The number of aliphatic hydroxyl groups is 2. The summed E-state index contributed by atoms with van der Waals surface area (Å²) in [6, 6.07) is 0. The Labute approximate surface area is 99.8 Å². The van der Waals surface area contributed by atoms with Crippen molar-refractivity contribution in [2.75, 3.05) is 0 Å². The van der Waals surface area contributed by atoms with E-state index in [-0.39, 0.29) is 5.92 Å². The molecule has 1 unspecified atom stereocenters. The Kier molecular flexibility index (Phi) is 3.85. The first-order valence-corrected chi connectivity index (χ1v) is 5.97. The molecule has 0 aromatic rings. The Morgan fingerprint density at radius 2 is 1.18 bits per heavy atom. The maximum absolute atomic E-state index is 12.6. The minimum absolute atomic E-state index is 0.0165. The predicted molar refractivity (Wildman–Crippen MR) is 58.4 cm³/mol. The summed E-state index contributed by atoms with van der Waals surface area (Å²) in [6.07, 6.45) is -2.91. The van der Waals surface area contributed by atoms with Gasteiger partial charge >= 0.3 is 6.18 Å². The van der Waals surface area contributed by atoms with E-state index in [1.807, 2.05) is 0 Å². The normalized spacial score (nSPS) is 31.1. The predicted octanol–water partition coefficient (Wildman–Crippen LogP) is 2.88. The molecular weight excluding hydrogens is 233 g/mol. The van der Waals surface area contributed by atoms with Crippen LogP contribution in [0.3, 0.4) is 0 Å². The second-order valence-electron chi connectivity index (χ2n) is 5.85. The zero-order valence-electron chi connectivity index (χ0n) is 10.5. The van der Waals surface area contributed by atoms with Gasteiger partial charge in [-0.25, -0.2) is 0 Å². The lowest BCUT2D eigenvalue weighted by Gasteiger charge is -2.41. The van der Waals surface area contributed by atoms with Gasteiger partial charge in [-0.2, -0.15) is 13.2 Å². The fourth-order valence-corrected chi connectivity index (χ4v) is 2.59. The molecule has 0 aromatic heterocycles. The van der Waals surface area contributed by atoms with Crippen LogP contribution < -0.4 is 0 Å². The standard InChI is InChI=1S/C12H21F3O2/c1-10(2,16)8-4-6-9(7-5-8)11(3,17)12(13,14)15/h8-9,16-17H,4-7H2,1-3H3. The van der Waals surface area contributed by atoms with Crippen molar-refractivity contribution in [3.8, 4) is 0 Å². The third kappa shape index (κ3) is 3.13. The van der Waals surface area contributed by atoms with Crippen LogP contribution >= 0.6 is 0 Å². The molecule has 0 bridgehead atoms. The molecule has 2 N–H and O–H groups in total. The van der Waals surface area contributed by atoms with E-state index < -0.39 is 23.3 Å². The van der Waals surface area contributed by atoms with Gasteiger partial charge in [0.05, 0.1) is 5.60 Å². The summed E-state index contributed by atoms with van der Waals surface area (Å²) >= 11 is 0. The highest BCUT2D eigenvalue weighted by atomic mass is 19.4. The van der Waals surface area contributed by atoms with Crippen LogP contribution in [-0.2, 0) is 0 Å². The summed E-state index contributed by atoms with van der Waals surface area (Å²) in [5.41, 5.74) is -3.47. The zero-order valence-corrected chi connectivity index (χ0v) is 10.5. The van der Waals surface area contributed by atoms with Crippen molar-refractivity contribution in [1.82, 2.24) is 0 Å². The molecule has 5 heteroatoms. The molecule has 0 spiro atoms. The van der Waals surface area contributed by atoms with Crippen molar-refractivity contribution in [2.24, 2.45) is 11.8 Å². The van der Waals surface area contributed by atoms with Gasteiger partial charge in [0.1, 0.15) is 0 Å². The summed E-state index contributed by atoms with van der Waals surface area (Å²) in [7, 11) is 0. The maximum Gasteiger partial charge on any atom is 0.417 e. The quantitative estimate of drug-likeness (QED) is 0.795. The molecule has 0 saturated heterocycles. The summed E-state index contributed by atoms with van der Waals surface area (Å²) < 4.78 is 37.9. The first kappa shape index (κ1) is 14.8. The maximum atomic E-state index is 12.6. The van der Waals surface area contributed by atoms with Gasteiger partial charge in [0.2, 0.25) is 0 Å². The van der Waals surface area contributed by atoms with Gasteiger partial charge in [-0.15, -0.1) is 0 Å².